The lowest BCUT2D eigenvalue weighted by Crippen LogP contribution is -2.44. The molecule has 0 spiro atoms. The van der Waals surface area contributed by atoms with E-state index in [1.165, 1.54) is 17.7 Å². The van der Waals surface area contributed by atoms with Crippen LogP contribution in [0.5, 0.6) is 0 Å². The van der Waals surface area contributed by atoms with E-state index in [1.807, 2.05) is 18.5 Å². The number of likely N-dealkylation sites (tertiary alicyclic amines) is 1. The summed E-state index contributed by atoms with van der Waals surface area (Å²) >= 11 is 1.68. The van der Waals surface area contributed by atoms with Crippen molar-refractivity contribution >= 4 is 29.7 Å². The molecular formula is C14H24ClN3OS. The fraction of sp³-hybridized carbons (Fsp3) is 0.643. The van der Waals surface area contributed by atoms with Gasteiger partial charge in [0.2, 0.25) is 5.91 Å². The number of halogens is 1. The molecule has 1 aromatic rings. The van der Waals surface area contributed by atoms with Gasteiger partial charge in [-0.05, 0) is 50.3 Å². The standard InChI is InChI=1S/C14H23N3OS.ClH/c1-15-8-12-4-2-6-17(10-12)11-14(18)16-9-13-5-3-7-19-13;/h3,5,7,12,15H,2,4,6,8-11H2,1H3,(H,16,18);1H. The Balaban J connectivity index is 0.00000200. The Kier molecular flexibility index (Phi) is 8.14. The first-order chi connectivity index (χ1) is 9.28. The Hall–Kier alpha value is -0.620. The van der Waals surface area contributed by atoms with Crippen LogP contribution in [-0.2, 0) is 11.3 Å². The van der Waals surface area contributed by atoms with Crippen molar-refractivity contribution in [2.45, 2.75) is 19.4 Å². The predicted molar refractivity (Wildman–Crippen MR) is 86.5 cm³/mol. The van der Waals surface area contributed by atoms with Gasteiger partial charge < -0.3 is 10.6 Å². The molecule has 0 saturated carbocycles. The molecule has 1 saturated heterocycles. The van der Waals surface area contributed by atoms with E-state index in [0.717, 1.165) is 19.6 Å². The third-order valence-corrected chi connectivity index (χ3v) is 4.38. The summed E-state index contributed by atoms with van der Waals surface area (Å²) in [7, 11) is 1.99. The molecule has 0 aliphatic carbocycles. The third-order valence-electron chi connectivity index (χ3n) is 3.50. The molecule has 114 valence electrons. The highest BCUT2D eigenvalue weighted by Crippen LogP contribution is 2.15. The lowest BCUT2D eigenvalue weighted by molar-refractivity contribution is -0.122. The van der Waals surface area contributed by atoms with Crippen molar-refractivity contribution in [3.8, 4) is 0 Å². The maximum absolute atomic E-state index is 11.9. The molecule has 0 bridgehead atoms. The second kappa shape index (κ2) is 9.34. The maximum atomic E-state index is 11.9. The third kappa shape index (κ3) is 5.79. The highest BCUT2D eigenvalue weighted by atomic mass is 35.5. The summed E-state index contributed by atoms with van der Waals surface area (Å²) in [6.45, 7) is 4.32. The molecule has 1 fully saturated rings. The van der Waals surface area contributed by atoms with Crippen molar-refractivity contribution in [3.05, 3.63) is 22.4 Å². The Bertz CT molecular complexity index is 384. The number of hydrogen-bond acceptors (Lipinski definition) is 4. The Labute approximate surface area is 131 Å². The van der Waals surface area contributed by atoms with E-state index in [9.17, 15) is 4.79 Å². The SMILES string of the molecule is CNCC1CCCN(CC(=O)NCc2cccs2)C1.Cl. The summed E-state index contributed by atoms with van der Waals surface area (Å²) in [5.41, 5.74) is 0. The minimum Gasteiger partial charge on any atom is -0.350 e. The lowest BCUT2D eigenvalue weighted by atomic mass is 9.98. The minimum atomic E-state index is 0. The summed E-state index contributed by atoms with van der Waals surface area (Å²) < 4.78 is 0. The number of carbonyl (C=O) groups excluding carboxylic acids is 1. The first kappa shape index (κ1) is 17.4. The highest BCUT2D eigenvalue weighted by molar-refractivity contribution is 7.09. The van der Waals surface area contributed by atoms with Gasteiger partial charge in [-0.3, -0.25) is 9.69 Å². The number of thiophene rings is 1. The first-order valence-corrected chi connectivity index (χ1v) is 7.82. The van der Waals surface area contributed by atoms with Gasteiger partial charge in [-0.15, -0.1) is 23.7 Å². The van der Waals surface area contributed by atoms with Gasteiger partial charge in [0.15, 0.2) is 0 Å². The number of hydrogen-bond donors (Lipinski definition) is 2. The van der Waals surface area contributed by atoms with Crippen molar-refractivity contribution in [3.63, 3.8) is 0 Å². The van der Waals surface area contributed by atoms with E-state index in [2.05, 4.69) is 21.6 Å². The fourth-order valence-corrected chi connectivity index (χ4v) is 3.25. The molecule has 20 heavy (non-hydrogen) atoms. The summed E-state index contributed by atoms with van der Waals surface area (Å²) in [4.78, 5) is 15.4. The van der Waals surface area contributed by atoms with E-state index in [4.69, 9.17) is 0 Å². The van der Waals surface area contributed by atoms with Gasteiger partial charge in [-0.25, -0.2) is 0 Å². The topological polar surface area (TPSA) is 44.4 Å². The van der Waals surface area contributed by atoms with E-state index in [1.54, 1.807) is 11.3 Å². The van der Waals surface area contributed by atoms with Crippen LogP contribution in [0.1, 0.15) is 17.7 Å². The molecule has 2 N–H and O–H groups in total. The van der Waals surface area contributed by atoms with Gasteiger partial charge in [-0.1, -0.05) is 6.07 Å². The van der Waals surface area contributed by atoms with Crippen LogP contribution in [-0.4, -0.2) is 44.0 Å². The van der Waals surface area contributed by atoms with Crippen molar-refractivity contribution < 1.29 is 4.79 Å². The average Bonchev–Trinajstić information content (AvgIpc) is 2.90. The van der Waals surface area contributed by atoms with Crippen molar-refractivity contribution in [1.29, 1.82) is 0 Å². The molecule has 2 rings (SSSR count). The monoisotopic (exact) mass is 317 g/mol. The van der Waals surface area contributed by atoms with Crippen molar-refractivity contribution in [2.24, 2.45) is 5.92 Å². The molecular weight excluding hydrogens is 294 g/mol. The Morgan fingerprint density at radius 2 is 2.40 bits per heavy atom. The van der Waals surface area contributed by atoms with Crippen LogP contribution in [0.2, 0.25) is 0 Å². The molecule has 1 atom stereocenters. The Morgan fingerprint density at radius 1 is 1.55 bits per heavy atom. The fourth-order valence-electron chi connectivity index (χ4n) is 2.61. The van der Waals surface area contributed by atoms with Crippen LogP contribution in [0.3, 0.4) is 0 Å². The van der Waals surface area contributed by atoms with Gasteiger partial charge in [0.25, 0.3) is 0 Å². The number of amides is 1. The second-order valence-corrected chi connectivity index (χ2v) is 6.19. The molecule has 2 heterocycles. The second-order valence-electron chi connectivity index (χ2n) is 5.16. The molecule has 1 amide bonds. The number of piperidine rings is 1. The largest absolute Gasteiger partial charge is 0.350 e. The smallest absolute Gasteiger partial charge is 0.234 e. The van der Waals surface area contributed by atoms with Gasteiger partial charge >= 0.3 is 0 Å². The summed E-state index contributed by atoms with van der Waals surface area (Å²) in [5.74, 6) is 0.822. The highest BCUT2D eigenvalue weighted by Gasteiger charge is 2.20. The molecule has 0 aromatic carbocycles. The van der Waals surface area contributed by atoms with Crippen molar-refractivity contribution in [1.82, 2.24) is 15.5 Å². The van der Waals surface area contributed by atoms with E-state index < -0.39 is 0 Å². The van der Waals surface area contributed by atoms with Crippen LogP contribution in [0.15, 0.2) is 17.5 Å². The number of rotatable bonds is 6. The average molecular weight is 318 g/mol. The van der Waals surface area contributed by atoms with Gasteiger partial charge in [0.05, 0.1) is 13.1 Å². The quantitative estimate of drug-likeness (QED) is 0.839. The molecule has 1 aromatic heterocycles. The van der Waals surface area contributed by atoms with Crippen LogP contribution in [0.4, 0.5) is 0 Å². The van der Waals surface area contributed by atoms with Gasteiger partial charge in [0.1, 0.15) is 0 Å². The van der Waals surface area contributed by atoms with E-state index in [-0.39, 0.29) is 18.3 Å². The normalized spacial score (nSPS) is 19.4. The van der Waals surface area contributed by atoms with Gasteiger partial charge in [0, 0.05) is 11.4 Å². The number of carbonyl (C=O) groups is 1. The number of nitrogens with zero attached hydrogens (tertiary/aromatic N) is 1. The van der Waals surface area contributed by atoms with Crippen LogP contribution >= 0.6 is 23.7 Å². The zero-order valence-electron chi connectivity index (χ0n) is 11.9. The first-order valence-electron chi connectivity index (χ1n) is 6.94. The van der Waals surface area contributed by atoms with Crippen LogP contribution < -0.4 is 10.6 Å². The molecule has 1 aliphatic heterocycles. The number of nitrogens with one attached hydrogen (secondary N) is 2. The molecule has 0 radical (unpaired) electrons. The Morgan fingerprint density at radius 3 is 3.10 bits per heavy atom. The minimum absolute atomic E-state index is 0. The lowest BCUT2D eigenvalue weighted by Gasteiger charge is -2.32. The summed E-state index contributed by atoms with van der Waals surface area (Å²) in [6.07, 6.45) is 2.47. The van der Waals surface area contributed by atoms with E-state index >= 15 is 0 Å². The summed E-state index contributed by atoms with van der Waals surface area (Å²) in [6, 6.07) is 4.06. The zero-order valence-corrected chi connectivity index (χ0v) is 13.6. The van der Waals surface area contributed by atoms with Crippen LogP contribution in [0.25, 0.3) is 0 Å². The van der Waals surface area contributed by atoms with Gasteiger partial charge in [-0.2, -0.15) is 0 Å². The van der Waals surface area contributed by atoms with Crippen molar-refractivity contribution in [2.75, 3.05) is 33.2 Å². The summed E-state index contributed by atoms with van der Waals surface area (Å²) in [5, 5.41) is 8.26. The van der Waals surface area contributed by atoms with Crippen LogP contribution in [0, 0.1) is 5.92 Å². The predicted octanol–water partition coefficient (Wildman–Crippen LogP) is 1.72. The molecule has 1 aliphatic rings. The molecule has 6 heteroatoms. The molecule has 4 nitrogen and oxygen atoms in total. The zero-order chi connectivity index (χ0) is 13.5. The maximum Gasteiger partial charge on any atom is 0.234 e. The molecule has 1 unspecified atom stereocenters. The van der Waals surface area contributed by atoms with E-state index in [0.29, 0.717) is 19.0 Å².